The number of nitrogens with zero attached hydrogens (tertiary/aromatic N) is 2. The van der Waals surface area contributed by atoms with Gasteiger partial charge in [0.25, 0.3) is 11.7 Å². The standard InChI is InChI=1S/C26H23ClN2O6/c1-33-19-9-5-4-8-16(19)23-22(24(30)17-11-21(35-3)18(27)12-20(17)34-2)25(31)26(32)29(23)14-15-7-6-10-28-13-15/h4-13,23,30H,14H2,1-3H3/b24-22+. The predicted molar refractivity (Wildman–Crippen MR) is 130 cm³/mol. The van der Waals surface area contributed by atoms with Crippen LogP contribution in [0.5, 0.6) is 17.2 Å². The summed E-state index contributed by atoms with van der Waals surface area (Å²) in [6, 6.07) is 12.6. The van der Waals surface area contributed by atoms with Gasteiger partial charge in [0.05, 0.1) is 43.5 Å². The van der Waals surface area contributed by atoms with Crippen molar-refractivity contribution in [1.29, 1.82) is 0 Å². The van der Waals surface area contributed by atoms with Crippen LogP contribution >= 0.6 is 11.6 Å². The van der Waals surface area contributed by atoms with E-state index < -0.39 is 23.5 Å². The molecule has 0 saturated carbocycles. The fourth-order valence-electron chi connectivity index (χ4n) is 4.14. The maximum atomic E-state index is 13.4. The summed E-state index contributed by atoms with van der Waals surface area (Å²) in [6.07, 6.45) is 3.24. The number of benzene rings is 2. The third-order valence-electron chi connectivity index (χ3n) is 5.78. The molecule has 1 saturated heterocycles. The van der Waals surface area contributed by atoms with Crippen LogP contribution < -0.4 is 14.2 Å². The van der Waals surface area contributed by atoms with Gasteiger partial charge in [-0.05, 0) is 23.8 Å². The molecule has 35 heavy (non-hydrogen) atoms. The van der Waals surface area contributed by atoms with Crippen LogP contribution in [-0.2, 0) is 16.1 Å². The number of rotatable bonds is 7. The number of amides is 1. The van der Waals surface area contributed by atoms with Gasteiger partial charge >= 0.3 is 0 Å². The molecule has 1 atom stereocenters. The van der Waals surface area contributed by atoms with Gasteiger partial charge in [-0.1, -0.05) is 35.9 Å². The second kappa shape index (κ2) is 10.1. The minimum atomic E-state index is -0.933. The van der Waals surface area contributed by atoms with Crippen molar-refractivity contribution in [2.24, 2.45) is 0 Å². The molecule has 0 spiro atoms. The van der Waals surface area contributed by atoms with Crippen molar-refractivity contribution >= 4 is 29.1 Å². The monoisotopic (exact) mass is 494 g/mol. The van der Waals surface area contributed by atoms with Gasteiger partial charge in [-0.3, -0.25) is 14.6 Å². The molecule has 8 nitrogen and oxygen atoms in total. The number of Topliss-reactive ketones (excluding diaryl/α,β-unsaturated/α-hetero) is 1. The Morgan fingerprint density at radius 2 is 1.71 bits per heavy atom. The third-order valence-corrected chi connectivity index (χ3v) is 6.07. The van der Waals surface area contributed by atoms with E-state index in [1.54, 1.807) is 48.8 Å². The van der Waals surface area contributed by atoms with Gasteiger partial charge in [-0.2, -0.15) is 0 Å². The predicted octanol–water partition coefficient (Wildman–Crippen LogP) is 4.38. The van der Waals surface area contributed by atoms with Crippen LogP contribution in [0.15, 0.2) is 66.5 Å². The van der Waals surface area contributed by atoms with Gasteiger partial charge in [-0.15, -0.1) is 0 Å². The molecule has 0 aliphatic carbocycles. The Labute approximate surface area is 207 Å². The van der Waals surface area contributed by atoms with Crippen LogP contribution in [-0.4, -0.2) is 48.0 Å². The van der Waals surface area contributed by atoms with E-state index in [0.29, 0.717) is 11.3 Å². The fraction of sp³-hybridized carbons (Fsp3) is 0.192. The zero-order valence-corrected chi connectivity index (χ0v) is 20.1. The molecule has 1 aromatic heterocycles. The molecule has 1 aliphatic heterocycles. The molecule has 1 amide bonds. The summed E-state index contributed by atoms with van der Waals surface area (Å²) in [5, 5.41) is 11.7. The van der Waals surface area contributed by atoms with Gasteiger partial charge in [0.1, 0.15) is 23.0 Å². The first kappa shape index (κ1) is 24.1. The first-order chi connectivity index (χ1) is 16.9. The van der Waals surface area contributed by atoms with Crippen molar-refractivity contribution in [3.05, 3.63) is 88.2 Å². The van der Waals surface area contributed by atoms with Crippen LogP contribution in [0, 0.1) is 0 Å². The average molecular weight is 495 g/mol. The highest BCUT2D eigenvalue weighted by Gasteiger charge is 2.47. The lowest BCUT2D eigenvalue weighted by molar-refractivity contribution is -0.140. The molecule has 0 radical (unpaired) electrons. The van der Waals surface area contributed by atoms with Crippen molar-refractivity contribution in [3.63, 3.8) is 0 Å². The van der Waals surface area contributed by atoms with Gasteiger partial charge in [0.15, 0.2) is 0 Å². The summed E-state index contributed by atoms with van der Waals surface area (Å²) >= 11 is 6.22. The van der Waals surface area contributed by atoms with Crippen LogP contribution in [0.2, 0.25) is 5.02 Å². The van der Waals surface area contributed by atoms with Crippen LogP contribution in [0.3, 0.4) is 0 Å². The highest BCUT2D eigenvalue weighted by Crippen LogP contribution is 2.45. The molecule has 3 aromatic rings. The van der Waals surface area contributed by atoms with Crippen LogP contribution in [0.25, 0.3) is 5.76 Å². The number of hydrogen-bond donors (Lipinski definition) is 1. The maximum Gasteiger partial charge on any atom is 0.295 e. The lowest BCUT2D eigenvalue weighted by Gasteiger charge is -2.26. The summed E-state index contributed by atoms with van der Waals surface area (Å²) in [7, 11) is 4.34. The van der Waals surface area contributed by atoms with E-state index in [1.165, 1.54) is 38.4 Å². The van der Waals surface area contributed by atoms with E-state index in [0.717, 1.165) is 5.56 Å². The van der Waals surface area contributed by atoms with Gasteiger partial charge < -0.3 is 24.2 Å². The van der Waals surface area contributed by atoms with E-state index in [9.17, 15) is 14.7 Å². The maximum absolute atomic E-state index is 13.4. The van der Waals surface area contributed by atoms with E-state index in [4.69, 9.17) is 25.8 Å². The number of hydrogen-bond acceptors (Lipinski definition) is 7. The molecule has 2 heterocycles. The Morgan fingerprint density at radius 3 is 2.37 bits per heavy atom. The minimum absolute atomic E-state index is 0.0962. The Kier molecular flexibility index (Phi) is 6.93. The van der Waals surface area contributed by atoms with Crippen LogP contribution in [0.4, 0.5) is 0 Å². The Bertz CT molecular complexity index is 1310. The molecule has 9 heteroatoms. The second-order valence-corrected chi connectivity index (χ2v) is 8.12. The summed E-state index contributed by atoms with van der Waals surface area (Å²) in [5.41, 5.74) is 1.32. The van der Waals surface area contributed by atoms with Crippen LogP contribution in [0.1, 0.15) is 22.7 Å². The highest BCUT2D eigenvalue weighted by molar-refractivity contribution is 6.46. The molecule has 0 bridgehead atoms. The second-order valence-electron chi connectivity index (χ2n) is 7.72. The average Bonchev–Trinajstić information content (AvgIpc) is 3.13. The molecule has 2 aromatic carbocycles. The SMILES string of the molecule is COc1cc(/C(O)=C2\C(=O)C(=O)N(Cc3cccnc3)C2c2ccccc2OC)c(OC)cc1Cl. The number of ether oxygens (including phenoxy) is 3. The van der Waals surface area contributed by atoms with Crippen molar-refractivity contribution in [3.8, 4) is 17.2 Å². The number of halogens is 1. The Morgan fingerprint density at radius 1 is 1.00 bits per heavy atom. The first-order valence-corrected chi connectivity index (χ1v) is 11.0. The van der Waals surface area contributed by atoms with E-state index in [2.05, 4.69) is 4.98 Å². The van der Waals surface area contributed by atoms with Gasteiger partial charge in [0, 0.05) is 30.6 Å². The number of likely N-dealkylation sites (tertiary alicyclic amines) is 1. The Hall–Kier alpha value is -4.04. The molecule has 4 rings (SSSR count). The summed E-state index contributed by atoms with van der Waals surface area (Å²) < 4.78 is 16.2. The molecule has 1 N–H and O–H groups in total. The summed E-state index contributed by atoms with van der Waals surface area (Å²) in [6.45, 7) is 0.0962. The number of methoxy groups -OCH3 is 3. The molecule has 180 valence electrons. The number of aromatic nitrogens is 1. The molecular weight excluding hydrogens is 472 g/mol. The number of pyridine rings is 1. The van der Waals surface area contributed by atoms with Gasteiger partial charge in [-0.25, -0.2) is 0 Å². The molecule has 1 aliphatic rings. The number of carbonyl (C=O) groups is 2. The number of carbonyl (C=O) groups excluding carboxylic acids is 2. The van der Waals surface area contributed by atoms with Crippen molar-refractivity contribution in [2.45, 2.75) is 12.6 Å². The molecular formula is C26H23ClN2O6. The van der Waals surface area contributed by atoms with E-state index in [1.807, 2.05) is 0 Å². The third kappa shape index (κ3) is 4.40. The van der Waals surface area contributed by atoms with Crippen molar-refractivity contribution in [1.82, 2.24) is 9.88 Å². The topological polar surface area (TPSA) is 98.2 Å². The highest BCUT2D eigenvalue weighted by atomic mass is 35.5. The molecule has 1 fully saturated rings. The van der Waals surface area contributed by atoms with Crippen molar-refractivity contribution in [2.75, 3.05) is 21.3 Å². The quantitative estimate of drug-likeness (QED) is 0.295. The van der Waals surface area contributed by atoms with E-state index >= 15 is 0 Å². The number of aliphatic hydroxyl groups is 1. The largest absolute Gasteiger partial charge is 0.507 e. The normalized spacial score (nSPS) is 16.9. The fourth-order valence-corrected chi connectivity index (χ4v) is 4.37. The molecule has 1 unspecified atom stereocenters. The summed E-state index contributed by atoms with van der Waals surface area (Å²) in [5.74, 6) is -1.07. The zero-order valence-electron chi connectivity index (χ0n) is 19.3. The van der Waals surface area contributed by atoms with Gasteiger partial charge in [0.2, 0.25) is 0 Å². The number of aliphatic hydroxyl groups excluding tert-OH is 1. The minimum Gasteiger partial charge on any atom is -0.507 e. The lowest BCUT2D eigenvalue weighted by atomic mass is 9.94. The zero-order chi connectivity index (χ0) is 25.1. The van der Waals surface area contributed by atoms with Crippen molar-refractivity contribution < 1.29 is 28.9 Å². The number of ketones is 1. The summed E-state index contributed by atoms with van der Waals surface area (Å²) in [4.78, 5) is 32.1. The number of para-hydroxylation sites is 1. The smallest absolute Gasteiger partial charge is 0.295 e. The first-order valence-electron chi connectivity index (χ1n) is 10.6. The lowest BCUT2D eigenvalue weighted by Crippen LogP contribution is -2.29. The Balaban J connectivity index is 1.96. The van der Waals surface area contributed by atoms with E-state index in [-0.39, 0.29) is 34.2 Å².